The molecule has 0 saturated carbocycles. The lowest BCUT2D eigenvalue weighted by Gasteiger charge is -2.36. The molecule has 4 heterocycles. The molecule has 1 atom stereocenters. The highest BCUT2D eigenvalue weighted by atomic mass is 32.2. The topological polar surface area (TPSA) is 69.3 Å². The van der Waals surface area contributed by atoms with Gasteiger partial charge in [-0.05, 0) is 43.0 Å². The quantitative estimate of drug-likeness (QED) is 0.757. The Morgan fingerprint density at radius 2 is 1.78 bits per heavy atom. The zero-order valence-electron chi connectivity index (χ0n) is 15.0. The van der Waals surface area contributed by atoms with E-state index in [1.807, 2.05) is 36.4 Å². The van der Waals surface area contributed by atoms with Crippen LogP contribution in [0.5, 0.6) is 0 Å². The van der Waals surface area contributed by atoms with Gasteiger partial charge >= 0.3 is 0 Å². The van der Waals surface area contributed by atoms with Gasteiger partial charge in [0.05, 0.1) is 5.69 Å². The molecule has 5 rings (SSSR count). The fourth-order valence-corrected chi connectivity index (χ4v) is 6.19. The van der Waals surface area contributed by atoms with Crippen molar-refractivity contribution in [3.05, 3.63) is 65.6 Å². The lowest BCUT2D eigenvalue weighted by Crippen LogP contribution is -2.47. The Morgan fingerprint density at radius 1 is 1.00 bits per heavy atom. The lowest BCUT2D eigenvalue weighted by atomic mass is 9.97. The van der Waals surface area contributed by atoms with Gasteiger partial charge in [-0.25, -0.2) is 0 Å². The molecule has 2 aliphatic rings. The van der Waals surface area contributed by atoms with E-state index in [0.717, 1.165) is 29.7 Å². The number of pyridine rings is 1. The van der Waals surface area contributed by atoms with Gasteiger partial charge in [0.2, 0.25) is 0 Å². The van der Waals surface area contributed by atoms with Crippen LogP contribution in [0.4, 0.5) is 0 Å². The van der Waals surface area contributed by atoms with E-state index >= 15 is 0 Å². The number of para-hydroxylation sites is 1. The summed E-state index contributed by atoms with van der Waals surface area (Å²) in [5.41, 5.74) is 3.95. The number of H-pyrrole nitrogens is 1. The number of aromatic amines is 1. The van der Waals surface area contributed by atoms with Crippen LogP contribution in [0.3, 0.4) is 0 Å². The Bertz CT molecular complexity index is 1070. The van der Waals surface area contributed by atoms with E-state index in [0.29, 0.717) is 26.1 Å². The number of fused-ring (bicyclic) bond motifs is 3. The number of benzene rings is 1. The molecule has 1 saturated heterocycles. The van der Waals surface area contributed by atoms with Crippen LogP contribution in [0.15, 0.2) is 48.7 Å². The Labute approximate surface area is 159 Å². The van der Waals surface area contributed by atoms with Crippen LogP contribution in [0.1, 0.15) is 35.8 Å². The molecule has 2 aliphatic heterocycles. The fraction of sp³-hybridized carbons (Fsp3) is 0.350. The molecule has 0 aliphatic carbocycles. The molecule has 1 unspecified atom stereocenters. The number of nitrogens with one attached hydrogen (secondary N) is 1. The maximum Gasteiger partial charge on any atom is 0.282 e. The molecule has 2 aromatic heterocycles. The smallest absolute Gasteiger partial charge is 0.282 e. The first-order valence-electron chi connectivity index (χ1n) is 9.43. The van der Waals surface area contributed by atoms with Crippen LogP contribution in [-0.4, -0.2) is 46.6 Å². The molecule has 1 aromatic carbocycles. The predicted molar refractivity (Wildman–Crippen MR) is 105 cm³/mol. The molecule has 0 spiro atoms. The normalized spacial score (nSPS) is 21.6. The summed E-state index contributed by atoms with van der Waals surface area (Å²) < 4.78 is 30.1. The summed E-state index contributed by atoms with van der Waals surface area (Å²) in [6, 6.07) is 13.4. The Balaban J connectivity index is 1.68. The highest BCUT2D eigenvalue weighted by Crippen LogP contribution is 2.40. The van der Waals surface area contributed by atoms with Crippen LogP contribution in [-0.2, 0) is 16.6 Å². The number of hydrogen-bond acceptors (Lipinski definition) is 3. The molecule has 0 bridgehead atoms. The molecule has 3 aromatic rings. The standard InChI is InChI=1S/C20H22N4O2S/c25-27(26,23-12-5-6-13-23)24-14-10-16-15-7-1-2-8-17(15)22-19(16)20(24)18-9-3-4-11-21-18/h1-4,7-9,11,20,22H,5-6,10,12-14H2. The summed E-state index contributed by atoms with van der Waals surface area (Å²) in [5.74, 6) is 0. The van der Waals surface area contributed by atoms with Crippen molar-refractivity contribution >= 4 is 21.1 Å². The van der Waals surface area contributed by atoms with Gasteiger partial charge in [0.15, 0.2) is 0 Å². The molecule has 6 nitrogen and oxygen atoms in total. The number of hydrogen-bond donors (Lipinski definition) is 1. The van der Waals surface area contributed by atoms with E-state index in [2.05, 4.69) is 16.0 Å². The second-order valence-corrected chi connectivity index (χ2v) is 9.08. The number of aromatic nitrogens is 2. The number of rotatable bonds is 3. The monoisotopic (exact) mass is 382 g/mol. The first-order chi connectivity index (χ1) is 13.2. The summed E-state index contributed by atoms with van der Waals surface area (Å²) in [6.45, 7) is 1.68. The third kappa shape index (κ3) is 2.69. The van der Waals surface area contributed by atoms with E-state index in [9.17, 15) is 8.42 Å². The molecule has 1 fully saturated rings. The van der Waals surface area contributed by atoms with E-state index < -0.39 is 16.3 Å². The molecule has 140 valence electrons. The third-order valence-electron chi connectivity index (χ3n) is 5.65. The van der Waals surface area contributed by atoms with Gasteiger partial charge < -0.3 is 4.98 Å². The van der Waals surface area contributed by atoms with Gasteiger partial charge in [0, 0.05) is 42.4 Å². The molecule has 0 radical (unpaired) electrons. The van der Waals surface area contributed by atoms with Gasteiger partial charge in [-0.3, -0.25) is 4.98 Å². The van der Waals surface area contributed by atoms with Crippen molar-refractivity contribution in [1.82, 2.24) is 18.6 Å². The fourth-order valence-electron chi connectivity index (χ4n) is 4.37. The summed E-state index contributed by atoms with van der Waals surface area (Å²) in [4.78, 5) is 8.01. The summed E-state index contributed by atoms with van der Waals surface area (Å²) in [5, 5.41) is 1.17. The van der Waals surface area contributed by atoms with Crippen molar-refractivity contribution in [1.29, 1.82) is 0 Å². The van der Waals surface area contributed by atoms with Crippen LogP contribution >= 0.6 is 0 Å². The predicted octanol–water partition coefficient (Wildman–Crippen LogP) is 2.85. The molecule has 7 heteroatoms. The maximum atomic E-state index is 13.4. The SMILES string of the molecule is O=S(=O)(N1CCCC1)N1CCc2c([nH]c3ccccc23)C1c1ccccn1. The second kappa shape index (κ2) is 6.44. The Kier molecular flexibility index (Phi) is 4.03. The maximum absolute atomic E-state index is 13.4. The van der Waals surface area contributed by atoms with Crippen LogP contribution in [0, 0.1) is 0 Å². The zero-order chi connectivity index (χ0) is 18.4. The molecular weight excluding hydrogens is 360 g/mol. The van der Waals surface area contributed by atoms with Gasteiger partial charge in [-0.1, -0.05) is 24.3 Å². The summed E-state index contributed by atoms with van der Waals surface area (Å²) in [6.07, 6.45) is 4.29. The number of nitrogens with zero attached hydrogens (tertiary/aromatic N) is 3. The van der Waals surface area contributed by atoms with E-state index in [-0.39, 0.29) is 0 Å². The minimum absolute atomic E-state index is 0.423. The van der Waals surface area contributed by atoms with E-state index in [1.54, 1.807) is 14.8 Å². The van der Waals surface area contributed by atoms with Crippen molar-refractivity contribution < 1.29 is 8.42 Å². The van der Waals surface area contributed by atoms with Gasteiger partial charge in [0.1, 0.15) is 6.04 Å². The minimum Gasteiger partial charge on any atom is -0.356 e. The van der Waals surface area contributed by atoms with Crippen molar-refractivity contribution in [3.8, 4) is 0 Å². The Hall–Kier alpha value is -2.22. The Morgan fingerprint density at radius 3 is 2.56 bits per heavy atom. The van der Waals surface area contributed by atoms with Crippen molar-refractivity contribution in [3.63, 3.8) is 0 Å². The van der Waals surface area contributed by atoms with Gasteiger partial charge in [0.25, 0.3) is 10.2 Å². The first-order valence-corrected chi connectivity index (χ1v) is 10.8. The molecule has 0 amide bonds. The second-order valence-electron chi connectivity index (χ2n) is 7.19. The zero-order valence-corrected chi connectivity index (χ0v) is 15.8. The van der Waals surface area contributed by atoms with Crippen LogP contribution < -0.4 is 0 Å². The average Bonchev–Trinajstić information content (AvgIpc) is 3.36. The summed E-state index contributed by atoms with van der Waals surface area (Å²) in [7, 11) is -3.53. The average molecular weight is 382 g/mol. The van der Waals surface area contributed by atoms with Gasteiger partial charge in [-0.2, -0.15) is 17.0 Å². The summed E-state index contributed by atoms with van der Waals surface area (Å²) >= 11 is 0. The van der Waals surface area contributed by atoms with Gasteiger partial charge in [-0.15, -0.1) is 0 Å². The highest BCUT2D eigenvalue weighted by Gasteiger charge is 2.42. The highest BCUT2D eigenvalue weighted by molar-refractivity contribution is 7.86. The van der Waals surface area contributed by atoms with Crippen molar-refractivity contribution in [2.45, 2.75) is 25.3 Å². The minimum atomic E-state index is -3.53. The first kappa shape index (κ1) is 16.9. The van der Waals surface area contributed by atoms with Crippen molar-refractivity contribution in [2.24, 2.45) is 0 Å². The molecular formula is C20H22N4O2S. The largest absolute Gasteiger partial charge is 0.356 e. The molecule has 1 N–H and O–H groups in total. The van der Waals surface area contributed by atoms with E-state index in [1.165, 1.54) is 10.9 Å². The third-order valence-corrected chi connectivity index (χ3v) is 7.65. The van der Waals surface area contributed by atoms with E-state index in [4.69, 9.17) is 0 Å². The molecule has 27 heavy (non-hydrogen) atoms. The van der Waals surface area contributed by atoms with Crippen LogP contribution in [0.2, 0.25) is 0 Å². The lowest BCUT2D eigenvalue weighted by molar-refractivity contribution is 0.304. The van der Waals surface area contributed by atoms with Crippen molar-refractivity contribution in [2.75, 3.05) is 19.6 Å². The van der Waals surface area contributed by atoms with Crippen LogP contribution in [0.25, 0.3) is 10.9 Å².